The second-order valence-corrected chi connectivity index (χ2v) is 3.59. The summed E-state index contributed by atoms with van der Waals surface area (Å²) in [5.74, 6) is 0. The van der Waals surface area contributed by atoms with Crippen molar-refractivity contribution < 1.29 is 0 Å². The van der Waals surface area contributed by atoms with Gasteiger partial charge < -0.3 is 0 Å². The fourth-order valence-electron chi connectivity index (χ4n) is 1.24. The van der Waals surface area contributed by atoms with Gasteiger partial charge in [0.05, 0.1) is 5.69 Å². The Kier molecular flexibility index (Phi) is 3.51. The number of hydrogen-bond donors (Lipinski definition) is 0. The van der Waals surface area contributed by atoms with Crippen molar-refractivity contribution in [3.05, 3.63) is 66.2 Å². The van der Waals surface area contributed by atoms with Gasteiger partial charge in [-0.15, -0.1) is 10.2 Å². The molecule has 0 amide bonds. The van der Waals surface area contributed by atoms with Gasteiger partial charge in [-0.05, 0) is 12.1 Å². The summed E-state index contributed by atoms with van der Waals surface area (Å²) < 4.78 is 0. The molecule has 2 aromatic carbocycles. The topological polar surface area (TPSA) is 24.7 Å². The fraction of sp³-hybridized carbons (Fsp3) is 0. The van der Waals surface area contributed by atoms with Gasteiger partial charge in [0, 0.05) is 5.56 Å². The lowest BCUT2D eigenvalue weighted by Gasteiger charge is -1.95. The molecular weight excluding hydrogens is 216 g/mol. The Bertz CT molecular complexity index is 492. The van der Waals surface area contributed by atoms with Crippen molar-refractivity contribution in [3.8, 4) is 0 Å². The minimum atomic E-state index is 0.504. The molecule has 0 aromatic heterocycles. The summed E-state index contributed by atoms with van der Waals surface area (Å²) >= 11 is 5.16. The molecule has 0 unspecified atom stereocenters. The van der Waals surface area contributed by atoms with Crippen LogP contribution in [0.5, 0.6) is 0 Å². The standard InChI is InChI=1S/C13H10N2S/c16-13(11-7-3-1-4-8-11)15-14-12-9-5-2-6-10-12/h1-10H. The molecule has 0 spiro atoms. The largest absolute Gasteiger partial charge is 0.155 e. The van der Waals surface area contributed by atoms with Crippen LogP contribution in [-0.2, 0) is 0 Å². The summed E-state index contributed by atoms with van der Waals surface area (Å²) in [4.78, 5) is 0.504. The van der Waals surface area contributed by atoms with Crippen molar-refractivity contribution in [1.29, 1.82) is 0 Å². The van der Waals surface area contributed by atoms with Crippen LogP contribution in [-0.4, -0.2) is 4.99 Å². The molecule has 0 N–H and O–H groups in total. The van der Waals surface area contributed by atoms with Gasteiger partial charge in [-0.2, -0.15) is 0 Å². The highest BCUT2D eigenvalue weighted by Gasteiger charge is 1.96. The van der Waals surface area contributed by atoms with Crippen LogP contribution >= 0.6 is 12.2 Å². The molecule has 2 aromatic rings. The minimum absolute atomic E-state index is 0.504. The van der Waals surface area contributed by atoms with E-state index >= 15 is 0 Å². The van der Waals surface area contributed by atoms with E-state index in [1.165, 1.54) is 0 Å². The molecule has 0 aliphatic rings. The van der Waals surface area contributed by atoms with E-state index < -0.39 is 0 Å². The highest BCUT2D eigenvalue weighted by atomic mass is 32.1. The Morgan fingerprint density at radius 3 is 2.00 bits per heavy atom. The van der Waals surface area contributed by atoms with Gasteiger partial charge >= 0.3 is 0 Å². The average molecular weight is 226 g/mol. The molecular formula is C13H10N2S. The lowest BCUT2D eigenvalue weighted by Crippen LogP contribution is -1.89. The van der Waals surface area contributed by atoms with Crippen LogP contribution in [0.25, 0.3) is 0 Å². The van der Waals surface area contributed by atoms with Crippen LogP contribution in [0.2, 0.25) is 0 Å². The Hall–Kier alpha value is -1.87. The lowest BCUT2D eigenvalue weighted by atomic mass is 10.2. The van der Waals surface area contributed by atoms with E-state index in [0.717, 1.165) is 11.3 Å². The van der Waals surface area contributed by atoms with E-state index in [1.807, 2.05) is 60.7 Å². The molecule has 2 rings (SSSR count). The van der Waals surface area contributed by atoms with Gasteiger partial charge in [0.25, 0.3) is 0 Å². The zero-order valence-electron chi connectivity index (χ0n) is 8.58. The van der Waals surface area contributed by atoms with E-state index in [2.05, 4.69) is 10.2 Å². The maximum atomic E-state index is 5.16. The van der Waals surface area contributed by atoms with Gasteiger partial charge in [0.2, 0.25) is 0 Å². The van der Waals surface area contributed by atoms with Gasteiger partial charge in [-0.25, -0.2) is 0 Å². The van der Waals surface area contributed by atoms with Crippen molar-refractivity contribution in [2.24, 2.45) is 10.2 Å². The van der Waals surface area contributed by atoms with Crippen LogP contribution in [0.3, 0.4) is 0 Å². The second-order valence-electron chi connectivity index (χ2n) is 3.21. The monoisotopic (exact) mass is 226 g/mol. The number of benzene rings is 2. The molecule has 78 valence electrons. The summed E-state index contributed by atoms with van der Waals surface area (Å²) in [6, 6.07) is 19.2. The number of nitrogens with zero attached hydrogens (tertiary/aromatic N) is 2. The molecule has 3 heteroatoms. The molecule has 0 radical (unpaired) electrons. The Labute approximate surface area is 99.7 Å². The molecule has 0 atom stereocenters. The summed E-state index contributed by atoms with van der Waals surface area (Å²) in [6.07, 6.45) is 0. The maximum absolute atomic E-state index is 5.16. The first-order valence-electron chi connectivity index (χ1n) is 4.92. The highest BCUT2D eigenvalue weighted by Crippen LogP contribution is 2.12. The normalized spacial score (nSPS) is 10.5. The average Bonchev–Trinajstić information content (AvgIpc) is 2.38. The molecule has 0 aliphatic carbocycles. The van der Waals surface area contributed by atoms with E-state index in [1.54, 1.807) is 0 Å². The van der Waals surface area contributed by atoms with E-state index in [0.29, 0.717) is 4.99 Å². The van der Waals surface area contributed by atoms with Crippen molar-refractivity contribution in [1.82, 2.24) is 0 Å². The summed E-state index contributed by atoms with van der Waals surface area (Å²) in [7, 11) is 0. The Balaban J connectivity index is 2.12. The van der Waals surface area contributed by atoms with Crippen molar-refractivity contribution in [3.63, 3.8) is 0 Å². The Morgan fingerprint density at radius 1 is 0.812 bits per heavy atom. The van der Waals surface area contributed by atoms with Gasteiger partial charge in [0.15, 0.2) is 4.99 Å². The number of azo groups is 1. The summed E-state index contributed by atoms with van der Waals surface area (Å²) in [5.41, 5.74) is 1.72. The van der Waals surface area contributed by atoms with E-state index in [4.69, 9.17) is 12.2 Å². The molecule has 0 heterocycles. The Morgan fingerprint density at radius 2 is 1.38 bits per heavy atom. The number of hydrogen-bond acceptors (Lipinski definition) is 2. The predicted octanol–water partition coefficient (Wildman–Crippen LogP) is 4.15. The minimum Gasteiger partial charge on any atom is -0.150 e. The second kappa shape index (κ2) is 5.28. The van der Waals surface area contributed by atoms with E-state index in [-0.39, 0.29) is 0 Å². The van der Waals surface area contributed by atoms with Crippen molar-refractivity contribution in [2.75, 3.05) is 0 Å². The maximum Gasteiger partial charge on any atom is 0.155 e. The lowest BCUT2D eigenvalue weighted by molar-refractivity contribution is 1.29. The molecule has 0 saturated heterocycles. The third-order valence-corrected chi connectivity index (χ3v) is 2.35. The first-order chi connectivity index (χ1) is 7.86. The molecule has 0 aliphatic heterocycles. The molecule has 0 saturated carbocycles. The summed E-state index contributed by atoms with van der Waals surface area (Å²) in [6.45, 7) is 0. The van der Waals surface area contributed by atoms with Gasteiger partial charge in [-0.1, -0.05) is 60.7 Å². The fourth-order valence-corrected chi connectivity index (χ4v) is 1.41. The third kappa shape index (κ3) is 2.81. The van der Waals surface area contributed by atoms with Crippen LogP contribution in [0.1, 0.15) is 5.56 Å². The van der Waals surface area contributed by atoms with Crippen molar-refractivity contribution >= 4 is 22.9 Å². The predicted molar refractivity (Wildman–Crippen MR) is 69.1 cm³/mol. The van der Waals surface area contributed by atoms with Crippen LogP contribution < -0.4 is 0 Å². The van der Waals surface area contributed by atoms with E-state index in [9.17, 15) is 0 Å². The zero-order valence-corrected chi connectivity index (χ0v) is 9.39. The SMILES string of the molecule is S=C(N=Nc1ccccc1)c1ccccc1. The molecule has 2 nitrogen and oxygen atoms in total. The zero-order chi connectivity index (χ0) is 11.2. The highest BCUT2D eigenvalue weighted by molar-refractivity contribution is 7.80. The first kappa shape index (κ1) is 10.6. The quantitative estimate of drug-likeness (QED) is 0.557. The molecule has 0 bridgehead atoms. The van der Waals surface area contributed by atoms with Crippen LogP contribution in [0.4, 0.5) is 5.69 Å². The van der Waals surface area contributed by atoms with Crippen LogP contribution in [0, 0.1) is 0 Å². The number of thiocarbonyl (C=S) groups is 1. The smallest absolute Gasteiger partial charge is 0.150 e. The summed E-state index contributed by atoms with van der Waals surface area (Å²) in [5, 5.41) is 8.09. The van der Waals surface area contributed by atoms with Crippen molar-refractivity contribution in [2.45, 2.75) is 0 Å². The number of rotatable bonds is 2. The molecule has 0 fully saturated rings. The molecule has 16 heavy (non-hydrogen) atoms. The van der Waals surface area contributed by atoms with Crippen LogP contribution in [0.15, 0.2) is 70.9 Å². The van der Waals surface area contributed by atoms with Gasteiger partial charge in [-0.3, -0.25) is 0 Å². The first-order valence-corrected chi connectivity index (χ1v) is 5.33. The third-order valence-electron chi connectivity index (χ3n) is 2.03. The van der Waals surface area contributed by atoms with Gasteiger partial charge in [0.1, 0.15) is 0 Å².